The largest absolute Gasteiger partial charge is 0.289 e. The van der Waals surface area contributed by atoms with Gasteiger partial charge in [0.1, 0.15) is 5.82 Å². The van der Waals surface area contributed by atoms with Gasteiger partial charge in [-0.05, 0) is 78.3 Å². The minimum absolute atomic E-state index is 0.112. The second-order valence-corrected chi connectivity index (χ2v) is 12.0. The van der Waals surface area contributed by atoms with E-state index in [1.807, 2.05) is 12.2 Å². The number of halogens is 1. The molecule has 3 rings (SSSR count). The molecule has 0 bridgehead atoms. The van der Waals surface area contributed by atoms with Crippen LogP contribution in [0.4, 0.5) is 4.39 Å². The molecule has 0 atom stereocenters. The molecule has 0 heterocycles. The lowest BCUT2D eigenvalue weighted by Crippen LogP contribution is -1.93. The molecule has 2 heteroatoms. The Hall–Kier alpha value is -3.26. The van der Waals surface area contributed by atoms with Gasteiger partial charge >= 0.3 is 0 Å². The summed E-state index contributed by atoms with van der Waals surface area (Å²) in [5.74, 6) is -0.442. The number of carbonyl (C=O) groups is 1. The van der Waals surface area contributed by atoms with Crippen LogP contribution in [0.15, 0.2) is 85.5 Å². The van der Waals surface area contributed by atoms with Crippen LogP contribution in [0.5, 0.6) is 0 Å². The van der Waals surface area contributed by atoms with Crippen LogP contribution in [0.25, 0.3) is 12.2 Å². The molecule has 0 fully saturated rings. The maximum absolute atomic E-state index is 13.0. The highest BCUT2D eigenvalue weighted by Crippen LogP contribution is 2.16. The number of hydrogen-bond donors (Lipinski definition) is 0. The van der Waals surface area contributed by atoms with E-state index in [2.05, 4.69) is 55.1 Å². The number of carbonyl (C=O) groups excluding carboxylic acids is 1. The molecule has 3 aromatic carbocycles. The number of allylic oxidation sites excluding steroid dienone is 1. The SMILES string of the molecule is C=Cc1ccc(CCCCCCCCCCCCCCCCCCc2ccc(/C=C/C(=O)c3ccc(F)cc3)cc2)cc1. The summed E-state index contributed by atoms with van der Waals surface area (Å²) in [5, 5.41) is 0. The number of unbranched alkanes of at least 4 members (excludes halogenated alkanes) is 15. The van der Waals surface area contributed by atoms with Crippen molar-refractivity contribution in [3.8, 4) is 0 Å². The lowest BCUT2D eigenvalue weighted by molar-refractivity contribution is 0.104. The minimum Gasteiger partial charge on any atom is -0.289 e. The molecule has 0 N–H and O–H groups in total. The van der Waals surface area contributed by atoms with Gasteiger partial charge in [-0.2, -0.15) is 0 Å². The van der Waals surface area contributed by atoms with Gasteiger partial charge in [-0.25, -0.2) is 4.39 Å². The summed E-state index contributed by atoms with van der Waals surface area (Å²) >= 11 is 0. The maximum Gasteiger partial charge on any atom is 0.185 e. The van der Waals surface area contributed by atoms with Crippen molar-refractivity contribution in [2.75, 3.05) is 0 Å². The number of ketones is 1. The zero-order chi connectivity index (χ0) is 30.4. The standard InChI is InChI=1S/C41H53FO/c1-2-35-21-23-36(24-22-35)19-17-15-13-11-9-7-5-3-4-6-8-10-12-14-16-18-20-37-25-27-38(28-26-37)29-34-41(43)39-30-32-40(42)33-31-39/h2,21-34H,1,3-20H2/b34-29+. The van der Waals surface area contributed by atoms with Crippen molar-refractivity contribution < 1.29 is 9.18 Å². The molecule has 0 saturated carbocycles. The summed E-state index contributed by atoms with van der Waals surface area (Å²) in [4.78, 5) is 12.2. The zero-order valence-electron chi connectivity index (χ0n) is 26.4. The minimum atomic E-state index is -0.330. The number of benzene rings is 3. The molecule has 230 valence electrons. The first-order valence-electron chi connectivity index (χ1n) is 16.9. The third-order valence-corrected chi connectivity index (χ3v) is 8.43. The van der Waals surface area contributed by atoms with Crippen molar-refractivity contribution >= 4 is 17.9 Å². The van der Waals surface area contributed by atoms with Crippen molar-refractivity contribution in [1.29, 1.82) is 0 Å². The second-order valence-electron chi connectivity index (χ2n) is 12.0. The molecular weight excluding hydrogens is 527 g/mol. The highest BCUT2D eigenvalue weighted by molar-refractivity contribution is 6.06. The first-order valence-corrected chi connectivity index (χ1v) is 16.9. The molecule has 0 radical (unpaired) electrons. The van der Waals surface area contributed by atoms with Gasteiger partial charge in [0.25, 0.3) is 0 Å². The molecule has 0 unspecified atom stereocenters. The Morgan fingerprint density at radius 3 is 1.28 bits per heavy atom. The van der Waals surface area contributed by atoms with Crippen LogP contribution in [-0.4, -0.2) is 5.78 Å². The number of aryl methyl sites for hydroxylation is 2. The predicted octanol–water partition coefficient (Wildman–Crippen LogP) is 12.4. The fourth-order valence-corrected chi connectivity index (χ4v) is 5.63. The number of rotatable bonds is 23. The van der Waals surface area contributed by atoms with Crippen LogP contribution in [0.2, 0.25) is 0 Å². The summed E-state index contributed by atoms with van der Waals surface area (Å²) in [5.41, 5.74) is 5.52. The third kappa shape index (κ3) is 15.2. The van der Waals surface area contributed by atoms with Crippen LogP contribution in [-0.2, 0) is 12.8 Å². The lowest BCUT2D eigenvalue weighted by atomic mass is 10.0. The van der Waals surface area contributed by atoms with E-state index in [0.29, 0.717) is 5.56 Å². The molecule has 0 spiro atoms. The summed E-state index contributed by atoms with van der Waals surface area (Å²) < 4.78 is 13.0. The van der Waals surface area contributed by atoms with Gasteiger partial charge in [-0.3, -0.25) is 4.79 Å². The van der Waals surface area contributed by atoms with E-state index in [1.165, 1.54) is 150 Å². The highest BCUT2D eigenvalue weighted by Gasteiger charge is 2.02. The normalized spacial score (nSPS) is 11.3. The van der Waals surface area contributed by atoms with Crippen molar-refractivity contribution in [2.45, 2.75) is 116 Å². The first kappa shape index (κ1) is 34.2. The molecule has 0 aliphatic rings. The molecule has 3 aromatic rings. The van der Waals surface area contributed by atoms with Gasteiger partial charge in [0.15, 0.2) is 5.78 Å². The van der Waals surface area contributed by atoms with E-state index in [4.69, 9.17) is 0 Å². The third-order valence-electron chi connectivity index (χ3n) is 8.43. The van der Waals surface area contributed by atoms with Crippen LogP contribution < -0.4 is 0 Å². The Balaban J connectivity index is 1.07. The molecule has 0 aromatic heterocycles. The van der Waals surface area contributed by atoms with E-state index in [1.54, 1.807) is 6.08 Å². The Morgan fingerprint density at radius 2 is 0.884 bits per heavy atom. The van der Waals surface area contributed by atoms with Crippen LogP contribution in [0.3, 0.4) is 0 Å². The first-order chi connectivity index (χ1) is 21.1. The molecule has 43 heavy (non-hydrogen) atoms. The summed E-state index contributed by atoms with van der Waals surface area (Å²) in [6, 6.07) is 22.9. The van der Waals surface area contributed by atoms with Gasteiger partial charge in [0.05, 0.1) is 0 Å². The Bertz CT molecular complexity index is 1190. The van der Waals surface area contributed by atoms with Crippen LogP contribution >= 0.6 is 0 Å². The van der Waals surface area contributed by atoms with Gasteiger partial charge in [-0.1, -0.05) is 157 Å². The fraction of sp³-hybridized carbons (Fsp3) is 0.439. The van der Waals surface area contributed by atoms with E-state index in [9.17, 15) is 9.18 Å². The topological polar surface area (TPSA) is 17.1 Å². The van der Waals surface area contributed by atoms with Gasteiger partial charge in [0, 0.05) is 5.56 Å². The van der Waals surface area contributed by atoms with Crippen LogP contribution in [0, 0.1) is 5.82 Å². The number of hydrogen-bond acceptors (Lipinski definition) is 1. The van der Waals surface area contributed by atoms with Gasteiger partial charge in [-0.15, -0.1) is 0 Å². The summed E-state index contributed by atoms with van der Waals surface area (Å²) in [6.45, 7) is 3.82. The molecule has 1 nitrogen and oxygen atoms in total. The molecular formula is C41H53FO. The molecule has 0 saturated heterocycles. The molecule has 0 aliphatic heterocycles. The quantitative estimate of drug-likeness (QED) is 0.0619. The molecule has 0 aliphatic carbocycles. The maximum atomic E-state index is 13.0. The fourth-order valence-electron chi connectivity index (χ4n) is 5.63. The Labute approximate surface area is 261 Å². The lowest BCUT2D eigenvalue weighted by Gasteiger charge is -2.05. The summed E-state index contributed by atoms with van der Waals surface area (Å²) in [7, 11) is 0. The second kappa shape index (κ2) is 21.4. The highest BCUT2D eigenvalue weighted by atomic mass is 19.1. The van der Waals surface area contributed by atoms with Crippen molar-refractivity contribution in [1.82, 2.24) is 0 Å². The average molecular weight is 581 g/mol. The Kier molecular flexibility index (Phi) is 17.1. The van der Waals surface area contributed by atoms with E-state index in [-0.39, 0.29) is 11.6 Å². The smallest absolute Gasteiger partial charge is 0.185 e. The van der Waals surface area contributed by atoms with Crippen molar-refractivity contribution in [3.63, 3.8) is 0 Å². The van der Waals surface area contributed by atoms with Gasteiger partial charge in [0.2, 0.25) is 0 Å². The van der Waals surface area contributed by atoms with Crippen molar-refractivity contribution in [3.05, 3.63) is 119 Å². The van der Waals surface area contributed by atoms with Crippen LogP contribution in [0.1, 0.15) is 135 Å². The predicted molar refractivity (Wildman–Crippen MR) is 184 cm³/mol. The van der Waals surface area contributed by atoms with Crippen molar-refractivity contribution in [2.24, 2.45) is 0 Å². The zero-order valence-corrected chi connectivity index (χ0v) is 26.4. The average Bonchev–Trinajstić information content (AvgIpc) is 3.04. The summed E-state index contributed by atoms with van der Waals surface area (Å²) in [6.07, 6.45) is 29.6. The monoisotopic (exact) mass is 580 g/mol. The van der Waals surface area contributed by atoms with E-state index >= 15 is 0 Å². The van der Waals surface area contributed by atoms with Gasteiger partial charge < -0.3 is 0 Å². The molecule has 0 amide bonds. The Morgan fingerprint density at radius 1 is 0.512 bits per heavy atom. The van der Waals surface area contributed by atoms with E-state index < -0.39 is 0 Å². The van der Waals surface area contributed by atoms with E-state index in [0.717, 1.165) is 12.0 Å².